The topological polar surface area (TPSA) is 677 Å². The van der Waals surface area contributed by atoms with Gasteiger partial charge in [-0.15, -0.1) is 161 Å². The van der Waals surface area contributed by atoms with Crippen molar-refractivity contribution in [3.8, 4) is 57.3 Å². The molecule has 0 radical (unpaired) electrons. The number of unbranched alkanes of at least 4 members (excludes halogenated alkanes) is 4. The van der Waals surface area contributed by atoms with E-state index < -0.39 is 42.7 Å². The van der Waals surface area contributed by atoms with Gasteiger partial charge in [0.25, 0.3) is 11.7 Å². The van der Waals surface area contributed by atoms with E-state index in [1.54, 1.807) is 97.4 Å². The molecule has 0 aliphatic heterocycles. The predicted molar refractivity (Wildman–Crippen MR) is 356 cm³/mol. The number of hydrogen-bond donors (Lipinski definition) is 3. The van der Waals surface area contributed by atoms with Gasteiger partial charge in [-0.3, -0.25) is 23.0 Å². The van der Waals surface area contributed by atoms with Crippen LogP contribution in [0.15, 0.2) is 126 Å². The molecule has 546 valence electrons. The third-order valence-corrected chi connectivity index (χ3v) is 13.0. The maximum absolute atomic E-state index is 10.9. The Bertz CT molecular complexity index is 4840. The molecule has 0 aliphatic rings. The van der Waals surface area contributed by atoms with E-state index in [0.29, 0.717) is 86.5 Å². The van der Waals surface area contributed by atoms with Gasteiger partial charge in [-0.05, 0) is 116 Å². The van der Waals surface area contributed by atoms with Gasteiger partial charge in [0.15, 0.2) is 47.1 Å². The predicted octanol–water partition coefficient (Wildman–Crippen LogP) is -8.73. The summed E-state index contributed by atoms with van der Waals surface area (Å²) in [5, 5.41) is 103. The molecule has 0 fully saturated rings. The number of hydrogen-bond acceptors (Lipinski definition) is 43. The van der Waals surface area contributed by atoms with Crippen LogP contribution < -0.4 is 106 Å². The molecule has 0 saturated carbocycles. The Kier molecular flexibility index (Phi) is 46.1. The number of nitrogens with zero attached hydrogens (tertiary/aromatic N) is 31. The molecule has 12 rings (SSSR count). The average molecular weight is 1560 g/mol. The van der Waals surface area contributed by atoms with E-state index in [9.17, 15) is 35.5 Å². The van der Waals surface area contributed by atoms with Gasteiger partial charge >= 0.3 is 99.3 Å². The van der Waals surface area contributed by atoms with Crippen LogP contribution in [0.4, 0.5) is 0 Å². The fourth-order valence-electron chi connectivity index (χ4n) is 6.51. The molecule has 0 atom stereocenters. The number of carbonyl (C=O) groups is 2. The van der Waals surface area contributed by atoms with E-state index in [1.807, 2.05) is 18.2 Å². The zero-order chi connectivity index (χ0) is 77.2. The molecule has 0 aliphatic carbocycles. The molecule has 0 saturated heterocycles. The molecule has 51 heteroatoms. The minimum Gasteiger partial charge on any atom is -0.754 e. The van der Waals surface area contributed by atoms with E-state index >= 15 is 0 Å². The quantitative estimate of drug-likeness (QED) is 0.0394. The van der Waals surface area contributed by atoms with Crippen LogP contribution in [0.5, 0.6) is 0 Å². The molecular weight excluding hydrogens is 1500 g/mol. The summed E-state index contributed by atoms with van der Waals surface area (Å²) in [4.78, 5) is 32.5. The molecule has 6 N–H and O–H groups in total. The van der Waals surface area contributed by atoms with E-state index in [2.05, 4.69) is 171 Å². The van der Waals surface area contributed by atoms with Gasteiger partial charge in [0.05, 0.1) is 15.0 Å². The summed E-state index contributed by atoms with van der Waals surface area (Å²) in [6, 6.07) is 25.3. The first-order valence-corrected chi connectivity index (χ1v) is 33.5. The number of carbonyl (C=O) groups excluding carboxylic acids is 2. The first kappa shape index (κ1) is 95.8. The Balaban J connectivity index is 0.000000618. The van der Waals surface area contributed by atoms with Crippen LogP contribution in [0, 0.1) is 54.5 Å². The molecule has 9 aromatic heterocycles. The summed E-state index contributed by atoms with van der Waals surface area (Å²) >= 11 is 0. The maximum Gasteiger partial charge on any atom is 1.00 e. The third kappa shape index (κ3) is 38.9. The average Bonchev–Trinajstić information content (AvgIpc) is 0.830. The van der Waals surface area contributed by atoms with Gasteiger partial charge in [0, 0.05) is 35.3 Å². The molecular formula is C57H61N34Na3O11S3. The van der Waals surface area contributed by atoms with Crippen molar-refractivity contribution in [2.24, 2.45) is 17.2 Å². The Labute approximate surface area is 683 Å². The van der Waals surface area contributed by atoms with Gasteiger partial charge in [0.1, 0.15) is 21.6 Å². The summed E-state index contributed by atoms with van der Waals surface area (Å²) in [6.07, 6.45) is 12.8. The number of amides is 2. The fraction of sp³-hybridized carbons (Fsp3) is 0.246. The Morgan fingerprint density at radius 1 is 0.407 bits per heavy atom. The van der Waals surface area contributed by atoms with Crippen LogP contribution in [0.25, 0.3) is 57.3 Å². The van der Waals surface area contributed by atoms with Crippen molar-refractivity contribution in [1.29, 1.82) is 0 Å². The smallest absolute Gasteiger partial charge is 0.754 e. The fourth-order valence-corrected chi connectivity index (χ4v) is 7.46. The number of aromatic nitrogens is 31. The second kappa shape index (κ2) is 51.9. The molecule has 0 bridgehead atoms. The van der Waals surface area contributed by atoms with Crippen molar-refractivity contribution in [2.75, 3.05) is 6.54 Å². The van der Waals surface area contributed by atoms with Crippen molar-refractivity contribution in [3.63, 3.8) is 0 Å². The van der Waals surface area contributed by atoms with Crippen molar-refractivity contribution in [3.05, 3.63) is 174 Å². The second-order valence-corrected chi connectivity index (χ2v) is 22.8. The first-order valence-electron chi connectivity index (χ1n) is 29.7. The molecule has 45 nitrogen and oxygen atoms in total. The number of aryl methyl sites for hydroxylation is 7. The SMILES string of the molecule is CCCCCCCN.Cc1nnc(-c2c[c-]cc(S(=O)(=O)[O-])c2)nn1.Cc1nnc(-c2ccc(C(N)=O)cc2)nn1.Cc1nnc(-c2ccc(S(=O)(=O)[O-])cc2)nn1.Cc1nnc(-c2ccccn2)nn1.Cc1nnc(-c2ncccn2)nn1.Cc1nnc(C(N)=O)nn1.Cc1nncnn1.O=S(=O)=O.[Na+].[Na+].[Na+]. The molecule has 12 aromatic rings. The summed E-state index contributed by atoms with van der Waals surface area (Å²) in [6.45, 7) is 14.9. The number of benzene rings is 3. The standard InChI is InChI=1S/C10H9N5O.C9H8N4O3S.C9H7N4O3S.C8H7N5.C7H6N6.C7H17N.C4H5N5O.C3H4N4.3Na.O3S/c1-6-12-14-10(15-13-6)8-4-2-7(3-5-8)9(11)16;1-6-10-12-9(13-11-6)7-2-4-8(5-3-7)17(14,15)16;1-6-10-12-9(13-11-6)7-3-2-4-8(5-7)17(14,15)16;1-6-10-12-8(13-11-6)7-4-2-3-5-9-7;1-5-10-12-7(13-11-5)6-8-3-2-4-9-6;1-2-3-4-5-6-7-8;1-2-6-8-4(3(5)10)9-7-2;1-3-6-4-2-5-7-3;;;;1-4(2)3/h2-5H,1H3,(H2,11,16);2-5H,1H3,(H,14,15,16);3-5H,1H3,(H,14,15,16);2-5H,1H3;2-4H,1H3;2-8H2,1H3;1H3,(H2,5,10);2H,1H3;;;;/q;;-1;;;;;;3*+1;/p-2. The zero-order valence-electron chi connectivity index (χ0n) is 59.5. The monoisotopic (exact) mass is 1560 g/mol. The van der Waals surface area contributed by atoms with Gasteiger partial charge in [0.2, 0.25) is 35.0 Å². The Morgan fingerprint density at radius 2 is 0.778 bits per heavy atom. The van der Waals surface area contributed by atoms with Crippen molar-refractivity contribution in [1.82, 2.24) is 158 Å². The van der Waals surface area contributed by atoms with E-state index in [4.69, 9.17) is 29.8 Å². The van der Waals surface area contributed by atoms with Crippen LogP contribution in [-0.2, 0) is 30.8 Å². The van der Waals surface area contributed by atoms with Crippen LogP contribution in [0.1, 0.15) is 101 Å². The van der Waals surface area contributed by atoms with Gasteiger partial charge in [-0.1, -0.05) is 61.3 Å². The number of nitrogens with two attached hydrogens (primary N) is 3. The Morgan fingerprint density at radius 3 is 1.14 bits per heavy atom. The van der Waals surface area contributed by atoms with E-state index in [0.717, 1.165) is 24.2 Å². The number of pyridine rings is 1. The van der Waals surface area contributed by atoms with Gasteiger partial charge < -0.3 is 26.3 Å². The summed E-state index contributed by atoms with van der Waals surface area (Å²) in [5.74, 6) is 4.13. The van der Waals surface area contributed by atoms with E-state index in [1.165, 1.54) is 68.8 Å². The largest absolute Gasteiger partial charge is 1.00 e. The second-order valence-electron chi connectivity index (χ2n) is 19.6. The summed E-state index contributed by atoms with van der Waals surface area (Å²) < 4.78 is 89.9. The van der Waals surface area contributed by atoms with Crippen molar-refractivity contribution in [2.45, 2.75) is 97.3 Å². The molecule has 9 heterocycles. The summed E-state index contributed by atoms with van der Waals surface area (Å²) in [7, 11) is -12.1. The van der Waals surface area contributed by atoms with E-state index in [-0.39, 0.29) is 116 Å². The van der Waals surface area contributed by atoms with Crippen molar-refractivity contribution >= 4 is 42.7 Å². The zero-order valence-corrected chi connectivity index (χ0v) is 68.0. The minimum atomic E-state index is -4.52. The van der Waals surface area contributed by atoms with Crippen LogP contribution in [0.3, 0.4) is 0 Å². The summed E-state index contributed by atoms with van der Waals surface area (Å²) in [5.41, 5.74) is 18.0. The minimum absolute atomic E-state index is 0. The molecule has 0 unspecified atom stereocenters. The maximum atomic E-state index is 10.9. The third-order valence-electron chi connectivity index (χ3n) is 11.3. The molecule has 3 aromatic carbocycles. The molecule has 108 heavy (non-hydrogen) atoms. The van der Waals surface area contributed by atoms with Gasteiger partial charge in [-0.2, -0.15) is 18.2 Å². The van der Waals surface area contributed by atoms with Gasteiger partial charge in [-0.25, -0.2) is 18.4 Å². The van der Waals surface area contributed by atoms with Crippen LogP contribution in [-0.4, -0.2) is 215 Å². The Hall–Kier alpha value is -10.2. The van der Waals surface area contributed by atoms with Crippen molar-refractivity contribution < 1.29 is 137 Å². The molecule has 2 amide bonds. The van der Waals surface area contributed by atoms with Crippen LogP contribution >= 0.6 is 0 Å². The first-order chi connectivity index (χ1) is 50.1. The number of rotatable bonds is 14. The molecule has 0 spiro atoms. The number of primary amides is 2. The normalized spacial score (nSPS) is 9.84. The van der Waals surface area contributed by atoms with Crippen LogP contribution in [0.2, 0.25) is 0 Å².